The zero-order chi connectivity index (χ0) is 14.8. The van der Waals surface area contributed by atoms with Crippen LogP contribution >= 0.6 is 0 Å². The van der Waals surface area contributed by atoms with Gasteiger partial charge in [-0.15, -0.1) is 0 Å². The topological polar surface area (TPSA) is 80.8 Å². The predicted octanol–water partition coefficient (Wildman–Crippen LogP) is 2.06. The molecule has 2 heterocycles. The Kier molecular flexibility index (Phi) is 3.68. The van der Waals surface area contributed by atoms with Gasteiger partial charge >= 0.3 is 12.1 Å². The summed E-state index contributed by atoms with van der Waals surface area (Å²) < 4.78 is 41.8. The zero-order valence-electron chi connectivity index (χ0n) is 10.2. The van der Waals surface area contributed by atoms with E-state index in [4.69, 9.17) is 4.74 Å². The minimum Gasteiger partial charge on any atom is -0.460 e. The van der Waals surface area contributed by atoms with E-state index >= 15 is 0 Å². The highest BCUT2D eigenvalue weighted by Gasteiger charge is 2.32. The zero-order valence-corrected chi connectivity index (χ0v) is 10.2. The van der Waals surface area contributed by atoms with Crippen molar-refractivity contribution in [3.05, 3.63) is 29.8 Å². The van der Waals surface area contributed by atoms with Crippen LogP contribution in [0.15, 0.2) is 18.3 Å². The number of H-pyrrole nitrogens is 1. The molecule has 106 valence electrons. The number of aromatic amines is 1. The van der Waals surface area contributed by atoms with Gasteiger partial charge in [0.2, 0.25) is 5.82 Å². The van der Waals surface area contributed by atoms with Crippen molar-refractivity contribution >= 4 is 5.97 Å². The van der Waals surface area contributed by atoms with Gasteiger partial charge in [-0.1, -0.05) is 0 Å². The van der Waals surface area contributed by atoms with Crippen molar-refractivity contribution in [1.29, 1.82) is 0 Å². The number of halogens is 3. The molecule has 2 aromatic rings. The third-order valence-corrected chi connectivity index (χ3v) is 2.27. The largest absolute Gasteiger partial charge is 0.460 e. The third kappa shape index (κ3) is 2.92. The van der Waals surface area contributed by atoms with Gasteiger partial charge in [-0.05, 0) is 19.1 Å². The lowest BCUT2D eigenvalue weighted by Crippen LogP contribution is -2.07. The molecule has 9 heteroatoms. The number of hydrogen-bond donors (Lipinski definition) is 1. The number of pyridine rings is 1. The second-order valence-electron chi connectivity index (χ2n) is 3.66. The van der Waals surface area contributed by atoms with E-state index in [1.54, 1.807) is 6.92 Å². The maximum Gasteiger partial charge on any atom is 0.433 e. The Bertz CT molecular complexity index is 607. The highest BCUT2D eigenvalue weighted by Crippen LogP contribution is 2.28. The third-order valence-electron chi connectivity index (χ3n) is 2.27. The fourth-order valence-corrected chi connectivity index (χ4v) is 1.38. The second kappa shape index (κ2) is 5.27. The highest BCUT2D eigenvalue weighted by atomic mass is 19.4. The van der Waals surface area contributed by atoms with Crippen molar-refractivity contribution in [3.63, 3.8) is 0 Å². The van der Waals surface area contributed by atoms with Crippen molar-refractivity contribution in [1.82, 2.24) is 20.2 Å². The summed E-state index contributed by atoms with van der Waals surface area (Å²) in [7, 11) is 0. The van der Waals surface area contributed by atoms with Crippen LogP contribution < -0.4 is 0 Å². The molecule has 0 spiro atoms. The van der Waals surface area contributed by atoms with Crippen molar-refractivity contribution in [2.75, 3.05) is 6.61 Å². The van der Waals surface area contributed by atoms with E-state index < -0.39 is 17.8 Å². The van der Waals surface area contributed by atoms with Crippen molar-refractivity contribution in [2.45, 2.75) is 13.1 Å². The number of carbonyl (C=O) groups is 1. The number of nitrogens with zero attached hydrogens (tertiary/aromatic N) is 3. The lowest BCUT2D eigenvalue weighted by molar-refractivity contribution is -0.141. The molecule has 0 fully saturated rings. The van der Waals surface area contributed by atoms with Crippen molar-refractivity contribution < 1.29 is 22.7 Å². The minimum atomic E-state index is -4.51. The lowest BCUT2D eigenvalue weighted by Gasteiger charge is -2.04. The first-order valence-corrected chi connectivity index (χ1v) is 5.55. The number of alkyl halides is 3. The molecule has 2 aromatic heterocycles. The normalized spacial score (nSPS) is 11.4. The molecule has 0 unspecified atom stereocenters. The summed E-state index contributed by atoms with van der Waals surface area (Å²) >= 11 is 0. The van der Waals surface area contributed by atoms with Gasteiger partial charge in [-0.25, -0.2) is 9.78 Å². The molecule has 0 aliphatic heterocycles. The van der Waals surface area contributed by atoms with Gasteiger partial charge in [0.25, 0.3) is 0 Å². The molecule has 2 rings (SSSR count). The van der Waals surface area contributed by atoms with E-state index in [1.807, 2.05) is 0 Å². The number of aromatic nitrogens is 4. The Morgan fingerprint density at radius 3 is 2.70 bits per heavy atom. The van der Waals surface area contributed by atoms with Crippen LogP contribution in [0.5, 0.6) is 0 Å². The molecule has 0 radical (unpaired) electrons. The molecular weight excluding hydrogens is 277 g/mol. The van der Waals surface area contributed by atoms with Crippen molar-refractivity contribution in [3.8, 4) is 11.4 Å². The molecule has 6 nitrogen and oxygen atoms in total. The van der Waals surface area contributed by atoms with Crippen LogP contribution in [0.2, 0.25) is 0 Å². The molecule has 0 atom stereocenters. The monoisotopic (exact) mass is 286 g/mol. The van der Waals surface area contributed by atoms with Crippen LogP contribution in [-0.2, 0) is 10.9 Å². The van der Waals surface area contributed by atoms with E-state index in [1.165, 1.54) is 6.07 Å². The minimum absolute atomic E-state index is 0.0641. The molecule has 0 aliphatic rings. The predicted molar refractivity (Wildman–Crippen MR) is 60.6 cm³/mol. The van der Waals surface area contributed by atoms with E-state index in [9.17, 15) is 18.0 Å². The molecule has 0 saturated heterocycles. The maximum absolute atomic E-state index is 12.4. The summed E-state index contributed by atoms with van der Waals surface area (Å²) in [6.45, 7) is 1.81. The Labute approximate surface area is 111 Å². The summed E-state index contributed by atoms with van der Waals surface area (Å²) in [4.78, 5) is 18.5. The fraction of sp³-hybridized carbons (Fsp3) is 0.273. The van der Waals surface area contributed by atoms with Crippen LogP contribution in [0.25, 0.3) is 11.4 Å². The molecule has 0 bridgehead atoms. The van der Waals surface area contributed by atoms with E-state index in [2.05, 4.69) is 20.2 Å². The Balaban J connectivity index is 2.22. The van der Waals surface area contributed by atoms with Gasteiger partial charge in [-0.2, -0.15) is 18.3 Å². The average molecular weight is 286 g/mol. The van der Waals surface area contributed by atoms with E-state index in [0.717, 1.165) is 12.3 Å². The van der Waals surface area contributed by atoms with Crippen LogP contribution in [0.1, 0.15) is 23.2 Å². The fourth-order valence-electron chi connectivity index (χ4n) is 1.38. The van der Waals surface area contributed by atoms with Crippen LogP contribution in [-0.4, -0.2) is 32.7 Å². The first-order chi connectivity index (χ1) is 9.41. The number of rotatable bonds is 3. The van der Waals surface area contributed by atoms with Gasteiger partial charge in [0.05, 0.1) is 6.61 Å². The van der Waals surface area contributed by atoms with E-state index in [-0.39, 0.29) is 23.8 Å². The molecule has 20 heavy (non-hydrogen) atoms. The van der Waals surface area contributed by atoms with Gasteiger partial charge in [0.15, 0.2) is 5.82 Å². The summed E-state index contributed by atoms with van der Waals surface area (Å²) in [5, 5.41) is 6.07. The van der Waals surface area contributed by atoms with Crippen LogP contribution in [0.3, 0.4) is 0 Å². The summed E-state index contributed by atoms with van der Waals surface area (Å²) in [5.74, 6) is -0.748. The lowest BCUT2D eigenvalue weighted by atomic mass is 10.2. The smallest absolute Gasteiger partial charge is 0.433 e. The van der Waals surface area contributed by atoms with E-state index in [0.29, 0.717) is 0 Å². The molecule has 0 amide bonds. The molecule has 0 aromatic carbocycles. The Morgan fingerprint density at radius 1 is 1.40 bits per heavy atom. The molecule has 1 N–H and O–H groups in total. The molecule has 0 saturated carbocycles. The summed E-state index contributed by atoms with van der Waals surface area (Å²) in [5.41, 5.74) is -0.757. The highest BCUT2D eigenvalue weighted by molar-refractivity contribution is 5.85. The SMILES string of the molecule is CCOC(=O)c1nc(-c2ccc(C(F)(F)F)nc2)n[nH]1. The molecular formula is C11H9F3N4O2. The van der Waals surface area contributed by atoms with Crippen molar-refractivity contribution in [2.24, 2.45) is 0 Å². The van der Waals surface area contributed by atoms with Gasteiger partial charge in [0.1, 0.15) is 5.69 Å². The van der Waals surface area contributed by atoms with Crippen LogP contribution in [0, 0.1) is 0 Å². The Hall–Kier alpha value is -2.45. The summed E-state index contributed by atoms with van der Waals surface area (Å²) in [6.07, 6.45) is -3.52. The number of ether oxygens (including phenoxy) is 1. The number of esters is 1. The standard InChI is InChI=1S/C11H9F3N4O2/c1-2-20-10(19)9-16-8(17-18-9)6-3-4-7(15-5-6)11(12,13)14/h3-5H,2H2,1H3,(H,16,17,18). The maximum atomic E-state index is 12.4. The number of hydrogen-bond acceptors (Lipinski definition) is 5. The Morgan fingerprint density at radius 2 is 2.15 bits per heavy atom. The van der Waals surface area contributed by atoms with Gasteiger partial charge in [-0.3, -0.25) is 10.1 Å². The number of carbonyl (C=O) groups excluding carboxylic acids is 1. The first kappa shape index (κ1) is 14.0. The first-order valence-electron chi connectivity index (χ1n) is 5.55. The van der Waals surface area contributed by atoms with Crippen LogP contribution in [0.4, 0.5) is 13.2 Å². The van der Waals surface area contributed by atoms with Gasteiger partial charge < -0.3 is 4.74 Å². The summed E-state index contributed by atoms with van der Waals surface area (Å²) in [6, 6.07) is 1.99. The molecule has 0 aliphatic carbocycles. The number of nitrogens with one attached hydrogen (secondary N) is 1. The van der Waals surface area contributed by atoms with Gasteiger partial charge in [0, 0.05) is 11.8 Å². The average Bonchev–Trinajstić information content (AvgIpc) is 2.88. The quantitative estimate of drug-likeness (QED) is 0.873. The second-order valence-corrected chi connectivity index (χ2v) is 3.66.